The largest absolute Gasteiger partial charge is 0.383 e. The Morgan fingerprint density at radius 1 is 1.57 bits per heavy atom. The second-order valence-electron chi connectivity index (χ2n) is 4.54. The Balaban J connectivity index is 2.05. The van der Waals surface area contributed by atoms with Gasteiger partial charge in [0.2, 0.25) is 0 Å². The maximum atomic E-state index is 12.2. The highest BCUT2D eigenvalue weighted by Gasteiger charge is 2.17. The molecule has 0 radical (unpaired) electrons. The number of hydrogen-bond donors (Lipinski definition) is 2. The van der Waals surface area contributed by atoms with Crippen LogP contribution in [0.25, 0.3) is 0 Å². The molecule has 0 saturated carbocycles. The predicted octanol–water partition coefficient (Wildman–Crippen LogP) is 0.886. The molecule has 0 bridgehead atoms. The first-order valence-corrected chi connectivity index (χ1v) is 7.09. The van der Waals surface area contributed by atoms with Crippen molar-refractivity contribution in [1.82, 2.24) is 14.8 Å². The first kappa shape index (κ1) is 15.3. The second-order valence-corrected chi connectivity index (χ2v) is 5.52. The zero-order valence-corrected chi connectivity index (χ0v) is 13.0. The number of hydrogen-bond acceptors (Lipinski definition) is 7. The summed E-state index contributed by atoms with van der Waals surface area (Å²) in [5, 5.41) is 7.57. The van der Waals surface area contributed by atoms with Crippen LogP contribution in [0.3, 0.4) is 0 Å². The summed E-state index contributed by atoms with van der Waals surface area (Å²) in [6.07, 6.45) is 3.32. The average molecular weight is 310 g/mol. The maximum Gasteiger partial charge on any atom is 0.269 e. The number of nitrogens with one attached hydrogen (secondary N) is 1. The summed E-state index contributed by atoms with van der Waals surface area (Å²) in [6, 6.07) is 0. The lowest BCUT2D eigenvalue weighted by Crippen LogP contribution is -2.11. The van der Waals surface area contributed by atoms with Crippen molar-refractivity contribution in [2.75, 3.05) is 43.8 Å². The van der Waals surface area contributed by atoms with Crippen LogP contribution in [-0.4, -0.2) is 48.5 Å². The van der Waals surface area contributed by atoms with Crippen molar-refractivity contribution in [2.24, 2.45) is 0 Å². The molecule has 0 aliphatic carbocycles. The van der Waals surface area contributed by atoms with Gasteiger partial charge in [-0.15, -0.1) is 0 Å². The Kier molecular flexibility index (Phi) is 4.76. The van der Waals surface area contributed by atoms with Gasteiger partial charge in [0.15, 0.2) is 5.13 Å². The van der Waals surface area contributed by atoms with Crippen LogP contribution in [0.5, 0.6) is 0 Å². The summed E-state index contributed by atoms with van der Waals surface area (Å²) < 4.78 is 6.67. The van der Waals surface area contributed by atoms with Gasteiger partial charge in [-0.3, -0.25) is 9.48 Å². The zero-order valence-electron chi connectivity index (χ0n) is 12.2. The molecule has 0 aliphatic rings. The van der Waals surface area contributed by atoms with E-state index in [4.69, 9.17) is 10.5 Å². The Bertz CT molecular complexity index is 621. The molecule has 8 nitrogen and oxygen atoms in total. The summed E-state index contributed by atoms with van der Waals surface area (Å²) in [4.78, 5) is 18.5. The van der Waals surface area contributed by atoms with E-state index in [-0.39, 0.29) is 11.7 Å². The molecule has 9 heteroatoms. The van der Waals surface area contributed by atoms with Crippen LogP contribution < -0.4 is 16.0 Å². The van der Waals surface area contributed by atoms with Gasteiger partial charge in [0.05, 0.1) is 25.0 Å². The minimum Gasteiger partial charge on any atom is -0.383 e. The number of amides is 1. The minimum atomic E-state index is -0.288. The lowest BCUT2D eigenvalue weighted by molar-refractivity contribution is 0.103. The highest BCUT2D eigenvalue weighted by Crippen LogP contribution is 2.27. The van der Waals surface area contributed by atoms with E-state index in [0.717, 1.165) is 0 Å². The van der Waals surface area contributed by atoms with Crippen molar-refractivity contribution in [1.29, 1.82) is 0 Å². The van der Waals surface area contributed by atoms with Gasteiger partial charge in [0.1, 0.15) is 10.7 Å². The molecule has 3 N–H and O–H groups in total. The van der Waals surface area contributed by atoms with Gasteiger partial charge in [-0.05, 0) is 0 Å². The van der Waals surface area contributed by atoms with Crippen molar-refractivity contribution in [3.63, 3.8) is 0 Å². The Hall–Kier alpha value is -2.13. The van der Waals surface area contributed by atoms with Crippen molar-refractivity contribution < 1.29 is 9.53 Å². The third kappa shape index (κ3) is 3.70. The molecule has 2 rings (SSSR count). The van der Waals surface area contributed by atoms with Crippen LogP contribution in [-0.2, 0) is 11.3 Å². The molecule has 2 heterocycles. The number of anilines is 3. The molecule has 1 amide bonds. The fourth-order valence-corrected chi connectivity index (χ4v) is 2.40. The van der Waals surface area contributed by atoms with Gasteiger partial charge in [-0.2, -0.15) is 5.10 Å². The third-order valence-electron chi connectivity index (χ3n) is 2.65. The molecule has 0 aromatic carbocycles. The maximum absolute atomic E-state index is 12.2. The van der Waals surface area contributed by atoms with Gasteiger partial charge in [-0.1, -0.05) is 11.3 Å². The number of carbonyl (C=O) groups excluding carboxylic acids is 1. The molecule has 0 aliphatic heterocycles. The predicted molar refractivity (Wildman–Crippen MR) is 82.9 cm³/mol. The van der Waals surface area contributed by atoms with Gasteiger partial charge in [0.25, 0.3) is 5.91 Å². The Morgan fingerprint density at radius 2 is 2.33 bits per heavy atom. The summed E-state index contributed by atoms with van der Waals surface area (Å²) >= 11 is 1.25. The highest BCUT2D eigenvalue weighted by molar-refractivity contribution is 7.18. The molecule has 0 fully saturated rings. The fraction of sp³-hybridized carbons (Fsp3) is 0.417. The van der Waals surface area contributed by atoms with Gasteiger partial charge >= 0.3 is 0 Å². The van der Waals surface area contributed by atoms with Gasteiger partial charge in [-0.25, -0.2) is 4.98 Å². The summed E-state index contributed by atoms with van der Waals surface area (Å²) in [6.45, 7) is 1.18. The van der Waals surface area contributed by atoms with E-state index < -0.39 is 0 Å². The average Bonchev–Trinajstić information content (AvgIpc) is 3.03. The number of aromatic nitrogens is 3. The van der Waals surface area contributed by atoms with Crippen molar-refractivity contribution in [3.05, 3.63) is 17.3 Å². The number of ether oxygens (including phenoxy) is 1. The second kappa shape index (κ2) is 6.55. The SMILES string of the molecule is COCCn1cc(NC(=O)c2sc(N(C)C)nc2N)cn1. The standard InChI is InChI=1S/C12H18N6O2S/c1-17(2)12-16-10(13)9(21-12)11(19)15-8-6-14-18(7-8)4-5-20-3/h6-7H,4-5,13H2,1-3H3,(H,15,19). The van der Waals surface area contributed by atoms with E-state index in [1.54, 1.807) is 29.1 Å². The molecule has 0 spiro atoms. The topological polar surface area (TPSA) is 98.3 Å². The molecule has 0 unspecified atom stereocenters. The minimum absolute atomic E-state index is 0.230. The first-order chi connectivity index (χ1) is 10.0. The fourth-order valence-electron chi connectivity index (χ4n) is 1.60. The number of rotatable bonds is 6. The number of thiazole rings is 1. The number of nitrogens with two attached hydrogens (primary N) is 1. The molecule has 2 aromatic rings. The number of nitrogens with zero attached hydrogens (tertiary/aromatic N) is 4. The summed E-state index contributed by atoms with van der Waals surface area (Å²) in [5.41, 5.74) is 6.39. The van der Waals surface area contributed by atoms with E-state index in [2.05, 4.69) is 15.4 Å². The normalized spacial score (nSPS) is 10.6. The number of carbonyl (C=O) groups is 1. The molecular formula is C12H18N6O2S. The van der Waals surface area contributed by atoms with Crippen LogP contribution in [0.1, 0.15) is 9.67 Å². The van der Waals surface area contributed by atoms with Crippen molar-refractivity contribution in [3.8, 4) is 0 Å². The zero-order chi connectivity index (χ0) is 15.4. The molecular weight excluding hydrogens is 292 g/mol. The summed E-state index contributed by atoms with van der Waals surface area (Å²) in [7, 11) is 5.32. The van der Waals surface area contributed by atoms with E-state index in [1.165, 1.54) is 11.3 Å². The number of methoxy groups -OCH3 is 1. The van der Waals surface area contributed by atoms with E-state index in [1.807, 2.05) is 14.1 Å². The lowest BCUT2D eigenvalue weighted by Gasteiger charge is -2.04. The van der Waals surface area contributed by atoms with E-state index in [9.17, 15) is 4.79 Å². The third-order valence-corrected chi connectivity index (χ3v) is 3.88. The van der Waals surface area contributed by atoms with Crippen LogP contribution in [0, 0.1) is 0 Å². The monoisotopic (exact) mass is 310 g/mol. The van der Waals surface area contributed by atoms with Gasteiger partial charge < -0.3 is 20.7 Å². The molecule has 2 aromatic heterocycles. The molecule has 0 saturated heterocycles. The molecule has 0 atom stereocenters. The van der Waals surface area contributed by atoms with Gasteiger partial charge in [0, 0.05) is 27.4 Å². The van der Waals surface area contributed by atoms with Crippen LogP contribution in [0.4, 0.5) is 16.6 Å². The first-order valence-electron chi connectivity index (χ1n) is 6.27. The number of nitrogen functional groups attached to an aromatic ring is 1. The smallest absolute Gasteiger partial charge is 0.269 e. The molecule has 114 valence electrons. The quantitative estimate of drug-likeness (QED) is 0.822. The molecule has 21 heavy (non-hydrogen) atoms. The van der Waals surface area contributed by atoms with Crippen LogP contribution >= 0.6 is 11.3 Å². The summed E-state index contributed by atoms with van der Waals surface area (Å²) in [5.74, 6) is -0.0580. The van der Waals surface area contributed by atoms with Crippen LogP contribution in [0.15, 0.2) is 12.4 Å². The van der Waals surface area contributed by atoms with Crippen LogP contribution in [0.2, 0.25) is 0 Å². The Morgan fingerprint density at radius 3 is 2.95 bits per heavy atom. The van der Waals surface area contributed by atoms with Crippen molar-refractivity contribution >= 4 is 33.9 Å². The van der Waals surface area contributed by atoms with E-state index >= 15 is 0 Å². The Labute approximate surface area is 126 Å². The lowest BCUT2D eigenvalue weighted by atomic mass is 10.4. The van der Waals surface area contributed by atoms with Crippen molar-refractivity contribution in [2.45, 2.75) is 6.54 Å². The van der Waals surface area contributed by atoms with E-state index in [0.29, 0.717) is 28.8 Å². The highest BCUT2D eigenvalue weighted by atomic mass is 32.1.